The van der Waals surface area contributed by atoms with Crippen molar-refractivity contribution in [2.45, 2.75) is 31.1 Å². The molecular weight excluding hydrogens is 318 g/mol. The van der Waals surface area contributed by atoms with Crippen molar-refractivity contribution in [2.75, 3.05) is 13.2 Å². The molecule has 1 aromatic carbocycles. The van der Waals surface area contributed by atoms with Crippen molar-refractivity contribution in [1.82, 2.24) is 0 Å². The lowest BCUT2D eigenvalue weighted by Crippen LogP contribution is -2.50. The van der Waals surface area contributed by atoms with E-state index in [2.05, 4.69) is 10.5 Å². The second kappa shape index (κ2) is 10.6. The van der Waals surface area contributed by atoms with E-state index in [1.807, 2.05) is 6.92 Å². The number of rotatable bonds is 6. The van der Waals surface area contributed by atoms with Crippen molar-refractivity contribution in [2.24, 2.45) is 0 Å². The lowest BCUT2D eigenvalue weighted by molar-refractivity contribution is -0.368. The molecular formula is C13H20ClNO5S. The second-order valence-corrected chi connectivity index (χ2v) is 5.96. The summed E-state index contributed by atoms with van der Waals surface area (Å²) in [6, 6.07) is 5.78. The first-order valence-electron chi connectivity index (χ1n) is 6.41. The fraction of sp³-hybridized carbons (Fsp3) is 0.462. The minimum absolute atomic E-state index is 0.178. The molecule has 0 saturated carbocycles. The van der Waals surface area contributed by atoms with Gasteiger partial charge in [0.1, 0.15) is 10.1 Å². The molecule has 21 heavy (non-hydrogen) atoms. The van der Waals surface area contributed by atoms with Crippen molar-refractivity contribution in [3.05, 3.63) is 29.8 Å². The van der Waals surface area contributed by atoms with Crippen LogP contribution in [0.4, 0.5) is 4.79 Å². The molecule has 0 fully saturated rings. The number of aryl methyl sites for hydroxylation is 1. The van der Waals surface area contributed by atoms with Crippen molar-refractivity contribution in [3.8, 4) is 0 Å². The third-order valence-electron chi connectivity index (χ3n) is 2.42. The first-order chi connectivity index (χ1) is 9.77. The van der Waals surface area contributed by atoms with E-state index in [0.29, 0.717) is 6.61 Å². The first kappa shape index (κ1) is 19.9. The zero-order valence-electron chi connectivity index (χ0n) is 11.9. The largest absolute Gasteiger partial charge is 0.744 e. The molecule has 0 bridgehead atoms. The van der Waals surface area contributed by atoms with Gasteiger partial charge in [0, 0.05) is 11.6 Å². The van der Waals surface area contributed by atoms with Crippen LogP contribution in [0.25, 0.3) is 0 Å². The van der Waals surface area contributed by atoms with Gasteiger partial charge in [0.05, 0.1) is 18.0 Å². The van der Waals surface area contributed by atoms with Crippen molar-refractivity contribution < 1.29 is 28.2 Å². The fourth-order valence-electron chi connectivity index (χ4n) is 1.31. The highest BCUT2D eigenvalue weighted by Crippen LogP contribution is 2.08. The van der Waals surface area contributed by atoms with E-state index >= 15 is 0 Å². The number of benzene rings is 1. The minimum Gasteiger partial charge on any atom is -0.744 e. The zero-order valence-corrected chi connectivity index (χ0v) is 13.5. The van der Waals surface area contributed by atoms with Gasteiger partial charge >= 0.3 is 5.43 Å². The normalized spacial score (nSPS) is 10.5. The maximum absolute atomic E-state index is 10.4. The number of hydrogen-bond acceptors (Lipinski definition) is 5. The number of ether oxygens (including phenoxy) is 1. The number of unbranched alkanes of at least 4 members (excludes halogenated alkanes) is 2. The zero-order chi connectivity index (χ0) is 16.3. The highest BCUT2D eigenvalue weighted by Gasteiger charge is 1.97. The maximum Gasteiger partial charge on any atom is 0.403 e. The van der Waals surface area contributed by atoms with Gasteiger partial charge < -0.3 is 15.0 Å². The lowest BCUT2D eigenvalue weighted by Gasteiger charge is -2.05. The van der Waals surface area contributed by atoms with Gasteiger partial charge in [-0.3, -0.25) is 0 Å². The Bertz CT molecular complexity index is 516. The summed E-state index contributed by atoms with van der Waals surface area (Å²) < 4.78 is 35.7. The van der Waals surface area contributed by atoms with E-state index in [9.17, 15) is 17.8 Å². The van der Waals surface area contributed by atoms with E-state index in [-0.39, 0.29) is 4.90 Å². The Kier molecular flexibility index (Phi) is 9.98. The van der Waals surface area contributed by atoms with Crippen LogP contribution in [0.1, 0.15) is 24.8 Å². The molecule has 0 amide bonds. The monoisotopic (exact) mass is 337 g/mol. The Morgan fingerprint density at radius 2 is 1.81 bits per heavy atom. The van der Waals surface area contributed by atoms with Gasteiger partial charge in [0.15, 0.2) is 0 Å². The topological polar surface area (TPSA) is 111 Å². The molecule has 1 rings (SSSR count). The van der Waals surface area contributed by atoms with Crippen LogP contribution in [0.15, 0.2) is 29.2 Å². The number of hydrogen-bond donors (Lipinski definition) is 1. The molecule has 0 unspecified atom stereocenters. The van der Waals surface area contributed by atoms with E-state index < -0.39 is 15.5 Å². The summed E-state index contributed by atoms with van der Waals surface area (Å²) in [5.74, 6) is 0. The summed E-state index contributed by atoms with van der Waals surface area (Å²) in [6.45, 7) is 3.19. The fourth-order valence-corrected chi connectivity index (χ4v) is 1.86. The highest BCUT2D eigenvalue weighted by atomic mass is 35.5. The lowest BCUT2D eigenvalue weighted by atomic mass is 10.2. The molecule has 0 heterocycles. The van der Waals surface area contributed by atoms with Crippen LogP contribution in [-0.4, -0.2) is 31.6 Å². The molecule has 6 nitrogen and oxygen atoms in total. The molecule has 0 radical (unpaired) electrons. The molecule has 0 aliphatic rings. The summed E-state index contributed by atoms with van der Waals surface area (Å²) in [5, 5.41) is 0. The van der Waals surface area contributed by atoms with Crippen LogP contribution < -0.4 is 5.73 Å². The Hall–Kier alpha value is -1.15. The standard InChI is InChI=1S/C7H8O3S.C6H12ClNO2/c1-6-2-4-7(5-3-6)11(8,9)10;7-6(9)10-5-3-1-2-4-8/h2-5H,1H3,(H,8,9,10);1-5,8H2. The third-order valence-corrected chi connectivity index (χ3v) is 3.38. The average molecular weight is 338 g/mol. The number of carbonyl (C=O) groups excluding carboxylic acids is 1. The summed E-state index contributed by atoms with van der Waals surface area (Å²) in [5.41, 5.74) is 3.90. The van der Waals surface area contributed by atoms with Crippen molar-refractivity contribution in [3.63, 3.8) is 0 Å². The van der Waals surface area contributed by atoms with Gasteiger partial charge in [-0.15, -0.1) is 0 Å². The van der Waals surface area contributed by atoms with Gasteiger partial charge in [-0.05, 0) is 38.3 Å². The van der Waals surface area contributed by atoms with Gasteiger partial charge in [0.2, 0.25) is 0 Å². The van der Waals surface area contributed by atoms with Gasteiger partial charge in [-0.1, -0.05) is 17.7 Å². The molecule has 120 valence electrons. The molecule has 0 atom stereocenters. The SMILES string of the molecule is Cc1ccc(S(=O)(=O)[O-])cc1.[NH3+]CCCCCOC(=O)Cl. The van der Waals surface area contributed by atoms with Gasteiger partial charge in [-0.25, -0.2) is 13.2 Å². The smallest absolute Gasteiger partial charge is 0.403 e. The van der Waals surface area contributed by atoms with Crippen molar-refractivity contribution in [1.29, 1.82) is 0 Å². The van der Waals surface area contributed by atoms with Gasteiger partial charge in [-0.2, -0.15) is 0 Å². The Morgan fingerprint density at radius 3 is 2.24 bits per heavy atom. The molecule has 3 N–H and O–H groups in total. The van der Waals surface area contributed by atoms with E-state index in [1.54, 1.807) is 12.1 Å². The Balaban J connectivity index is 0.000000384. The summed E-state index contributed by atoms with van der Waals surface area (Å²) in [7, 11) is -4.27. The molecule has 8 heteroatoms. The summed E-state index contributed by atoms with van der Waals surface area (Å²) in [6.07, 6.45) is 3.02. The average Bonchev–Trinajstić information content (AvgIpc) is 2.38. The molecule has 1 aromatic rings. The van der Waals surface area contributed by atoms with Crippen LogP contribution >= 0.6 is 11.6 Å². The third kappa shape index (κ3) is 11.2. The van der Waals surface area contributed by atoms with Crippen LogP contribution in [0.2, 0.25) is 0 Å². The van der Waals surface area contributed by atoms with Crippen LogP contribution in [-0.2, 0) is 14.9 Å². The number of quaternary nitrogens is 1. The van der Waals surface area contributed by atoms with E-state index in [0.717, 1.165) is 31.4 Å². The Labute approximate surface area is 130 Å². The Morgan fingerprint density at radius 1 is 1.24 bits per heavy atom. The molecule has 0 aromatic heterocycles. The first-order valence-corrected chi connectivity index (χ1v) is 8.20. The quantitative estimate of drug-likeness (QED) is 0.482. The second-order valence-electron chi connectivity index (χ2n) is 4.27. The van der Waals surface area contributed by atoms with Crippen molar-refractivity contribution >= 4 is 27.1 Å². The minimum atomic E-state index is -4.27. The number of carbonyl (C=O) groups is 1. The van der Waals surface area contributed by atoms with E-state index in [4.69, 9.17) is 11.6 Å². The molecule has 0 aliphatic heterocycles. The van der Waals surface area contributed by atoms with Gasteiger partial charge in [0.25, 0.3) is 0 Å². The predicted octanol–water partition coefficient (Wildman–Crippen LogP) is 1.67. The number of halogens is 1. The maximum atomic E-state index is 10.4. The summed E-state index contributed by atoms with van der Waals surface area (Å²) in [4.78, 5) is 9.83. The highest BCUT2D eigenvalue weighted by molar-refractivity contribution is 7.85. The van der Waals surface area contributed by atoms with Crippen LogP contribution in [0.3, 0.4) is 0 Å². The van der Waals surface area contributed by atoms with Crippen LogP contribution in [0, 0.1) is 6.92 Å². The van der Waals surface area contributed by atoms with Crippen LogP contribution in [0.5, 0.6) is 0 Å². The molecule has 0 aliphatic carbocycles. The molecule has 0 saturated heterocycles. The predicted molar refractivity (Wildman–Crippen MR) is 77.9 cm³/mol. The van der Waals surface area contributed by atoms with E-state index in [1.165, 1.54) is 12.1 Å². The summed E-state index contributed by atoms with van der Waals surface area (Å²) >= 11 is 4.92. The molecule has 0 spiro atoms.